The molecule has 0 atom stereocenters. The van der Waals surface area contributed by atoms with Gasteiger partial charge in [0.25, 0.3) is 0 Å². The lowest BCUT2D eigenvalue weighted by molar-refractivity contribution is 0.0697. The Morgan fingerprint density at radius 1 is 1.22 bits per heavy atom. The van der Waals surface area contributed by atoms with E-state index in [4.69, 9.17) is 5.11 Å². The van der Waals surface area contributed by atoms with E-state index in [-0.39, 0.29) is 12.2 Å². The van der Waals surface area contributed by atoms with Gasteiger partial charge in [0.2, 0.25) is 0 Å². The first kappa shape index (κ1) is 14.9. The van der Waals surface area contributed by atoms with Crippen molar-refractivity contribution >= 4 is 5.97 Å². The van der Waals surface area contributed by atoms with Gasteiger partial charge in [-0.2, -0.15) is 0 Å². The van der Waals surface area contributed by atoms with Gasteiger partial charge in [0.15, 0.2) is 0 Å². The molecule has 0 aliphatic rings. The van der Waals surface area contributed by atoms with Crippen molar-refractivity contribution in [1.82, 2.24) is 14.5 Å². The fourth-order valence-corrected chi connectivity index (χ4v) is 2.47. The van der Waals surface area contributed by atoms with Crippen molar-refractivity contribution in [3.05, 3.63) is 60.0 Å². The van der Waals surface area contributed by atoms with Gasteiger partial charge in [0.05, 0.1) is 29.9 Å². The van der Waals surface area contributed by atoms with Gasteiger partial charge in [-0.3, -0.25) is 4.98 Å². The van der Waals surface area contributed by atoms with E-state index in [1.54, 1.807) is 6.33 Å². The number of aliphatic hydroxyl groups excluding tert-OH is 1. The Morgan fingerprint density at radius 3 is 2.78 bits per heavy atom. The highest BCUT2D eigenvalue weighted by Gasteiger charge is 2.16. The summed E-state index contributed by atoms with van der Waals surface area (Å²) >= 11 is 0. The topological polar surface area (TPSA) is 88.2 Å². The van der Waals surface area contributed by atoms with Gasteiger partial charge in [-0.1, -0.05) is 18.2 Å². The van der Waals surface area contributed by atoms with Crippen LogP contribution in [0.1, 0.15) is 15.9 Å². The largest absolute Gasteiger partial charge is 0.478 e. The summed E-state index contributed by atoms with van der Waals surface area (Å²) in [4.78, 5) is 19.8. The quantitative estimate of drug-likeness (QED) is 0.772. The van der Waals surface area contributed by atoms with Gasteiger partial charge in [0, 0.05) is 18.8 Å². The number of aliphatic hydroxyl groups is 1. The normalized spacial score (nSPS) is 10.7. The molecule has 0 aliphatic carbocycles. The van der Waals surface area contributed by atoms with Crippen molar-refractivity contribution in [2.24, 2.45) is 7.05 Å². The molecular formula is C17H15N3O3. The van der Waals surface area contributed by atoms with Crippen LogP contribution in [0.5, 0.6) is 0 Å². The number of carboxylic acids is 1. The highest BCUT2D eigenvalue weighted by atomic mass is 16.4. The van der Waals surface area contributed by atoms with Crippen molar-refractivity contribution in [1.29, 1.82) is 0 Å². The fourth-order valence-electron chi connectivity index (χ4n) is 2.47. The van der Waals surface area contributed by atoms with E-state index in [1.807, 2.05) is 35.9 Å². The summed E-state index contributed by atoms with van der Waals surface area (Å²) in [5.74, 6) is -1.01. The Kier molecular flexibility index (Phi) is 3.91. The number of imidazole rings is 1. The Labute approximate surface area is 132 Å². The van der Waals surface area contributed by atoms with Gasteiger partial charge < -0.3 is 14.8 Å². The fraction of sp³-hybridized carbons (Fsp3) is 0.118. The third kappa shape index (κ3) is 2.84. The molecule has 2 heterocycles. The number of aryl methyl sites for hydroxylation is 1. The lowest BCUT2D eigenvalue weighted by Gasteiger charge is -2.08. The lowest BCUT2D eigenvalue weighted by Crippen LogP contribution is -1.98. The van der Waals surface area contributed by atoms with Crippen molar-refractivity contribution < 1.29 is 15.0 Å². The zero-order valence-corrected chi connectivity index (χ0v) is 12.5. The summed E-state index contributed by atoms with van der Waals surface area (Å²) in [5.41, 5.74) is 3.75. The first-order chi connectivity index (χ1) is 11.1. The molecule has 0 amide bonds. The zero-order valence-electron chi connectivity index (χ0n) is 12.5. The van der Waals surface area contributed by atoms with Crippen LogP contribution >= 0.6 is 0 Å². The van der Waals surface area contributed by atoms with Gasteiger partial charge in [0.1, 0.15) is 5.69 Å². The first-order valence-corrected chi connectivity index (χ1v) is 7.01. The van der Waals surface area contributed by atoms with E-state index in [0.717, 1.165) is 16.8 Å². The van der Waals surface area contributed by atoms with Crippen LogP contribution in [0.2, 0.25) is 0 Å². The maximum atomic E-state index is 11.1. The second-order valence-electron chi connectivity index (χ2n) is 5.15. The molecular weight excluding hydrogens is 294 g/mol. The molecule has 2 N–H and O–H groups in total. The van der Waals surface area contributed by atoms with E-state index in [0.29, 0.717) is 11.4 Å². The third-order valence-corrected chi connectivity index (χ3v) is 3.57. The van der Waals surface area contributed by atoms with Gasteiger partial charge >= 0.3 is 5.97 Å². The Hall–Kier alpha value is -2.99. The van der Waals surface area contributed by atoms with Crippen LogP contribution in [-0.4, -0.2) is 30.7 Å². The van der Waals surface area contributed by atoms with E-state index in [1.165, 1.54) is 18.3 Å². The molecule has 0 saturated heterocycles. The monoisotopic (exact) mass is 309 g/mol. The molecule has 1 aromatic carbocycles. The van der Waals surface area contributed by atoms with Crippen LogP contribution in [0, 0.1) is 0 Å². The number of aromatic nitrogens is 3. The maximum Gasteiger partial charge on any atom is 0.335 e. The summed E-state index contributed by atoms with van der Waals surface area (Å²) in [6.45, 7) is -0.0478. The molecule has 0 fully saturated rings. The molecule has 0 saturated carbocycles. The second-order valence-corrected chi connectivity index (χ2v) is 5.15. The molecule has 3 aromatic rings. The predicted octanol–water partition coefficient (Wildman–Crippen LogP) is 2.34. The number of carboxylic acid groups (broad SMARTS) is 1. The maximum absolute atomic E-state index is 11.1. The van der Waals surface area contributed by atoms with Crippen molar-refractivity contribution in [2.75, 3.05) is 0 Å². The number of nitrogens with zero attached hydrogens (tertiary/aromatic N) is 3. The Bertz CT molecular complexity index is 871. The first-order valence-electron chi connectivity index (χ1n) is 7.01. The van der Waals surface area contributed by atoms with Crippen molar-refractivity contribution in [3.63, 3.8) is 0 Å². The van der Waals surface area contributed by atoms with Crippen LogP contribution in [0.15, 0.2) is 48.9 Å². The molecule has 116 valence electrons. The molecule has 6 nitrogen and oxygen atoms in total. The van der Waals surface area contributed by atoms with E-state index in [2.05, 4.69) is 9.97 Å². The molecule has 0 bridgehead atoms. The number of aromatic carboxylic acids is 1. The lowest BCUT2D eigenvalue weighted by atomic mass is 10.0. The number of hydrogen-bond acceptors (Lipinski definition) is 4. The van der Waals surface area contributed by atoms with E-state index >= 15 is 0 Å². The van der Waals surface area contributed by atoms with Gasteiger partial charge in [-0.15, -0.1) is 0 Å². The SMILES string of the molecule is Cn1cnc(-c2cc(C(=O)O)ccn2)c1-c1cccc(CO)c1. The predicted molar refractivity (Wildman–Crippen MR) is 84.8 cm³/mol. The smallest absolute Gasteiger partial charge is 0.335 e. The molecule has 2 aromatic heterocycles. The molecule has 3 rings (SSSR count). The summed E-state index contributed by atoms with van der Waals surface area (Å²) < 4.78 is 1.85. The summed E-state index contributed by atoms with van der Waals surface area (Å²) in [7, 11) is 1.86. The molecule has 0 unspecified atom stereocenters. The highest BCUT2D eigenvalue weighted by Crippen LogP contribution is 2.30. The summed E-state index contributed by atoms with van der Waals surface area (Å²) in [6.07, 6.45) is 3.12. The molecule has 6 heteroatoms. The van der Waals surface area contributed by atoms with Crippen molar-refractivity contribution in [2.45, 2.75) is 6.61 Å². The van der Waals surface area contributed by atoms with Crippen LogP contribution in [0.25, 0.3) is 22.6 Å². The van der Waals surface area contributed by atoms with Crippen LogP contribution < -0.4 is 0 Å². The zero-order chi connectivity index (χ0) is 16.4. The van der Waals surface area contributed by atoms with Gasteiger partial charge in [-0.05, 0) is 23.8 Å². The van der Waals surface area contributed by atoms with E-state index in [9.17, 15) is 9.90 Å². The molecule has 0 aliphatic heterocycles. The number of rotatable bonds is 4. The van der Waals surface area contributed by atoms with Crippen molar-refractivity contribution in [3.8, 4) is 22.6 Å². The van der Waals surface area contributed by atoms with Crippen LogP contribution in [-0.2, 0) is 13.7 Å². The Morgan fingerprint density at radius 2 is 2.04 bits per heavy atom. The molecule has 0 radical (unpaired) electrons. The molecule has 0 spiro atoms. The average Bonchev–Trinajstić information content (AvgIpc) is 2.96. The average molecular weight is 309 g/mol. The number of pyridine rings is 1. The third-order valence-electron chi connectivity index (χ3n) is 3.57. The number of carbonyl (C=O) groups is 1. The van der Waals surface area contributed by atoms with Crippen LogP contribution in [0.3, 0.4) is 0 Å². The van der Waals surface area contributed by atoms with E-state index < -0.39 is 5.97 Å². The number of hydrogen-bond donors (Lipinski definition) is 2. The number of benzene rings is 1. The second kappa shape index (κ2) is 6.02. The minimum absolute atomic E-state index is 0.0478. The minimum Gasteiger partial charge on any atom is -0.478 e. The summed E-state index contributed by atoms with van der Waals surface area (Å²) in [6, 6.07) is 10.4. The highest BCUT2D eigenvalue weighted by molar-refractivity contribution is 5.89. The molecule has 23 heavy (non-hydrogen) atoms. The standard InChI is InChI=1S/C17H15N3O3/c1-20-10-19-15(14-8-13(17(22)23)5-6-18-14)16(20)12-4-2-3-11(7-12)9-21/h2-8,10,21H,9H2,1H3,(H,22,23). The van der Waals surface area contributed by atoms with Gasteiger partial charge in [-0.25, -0.2) is 9.78 Å². The van der Waals surface area contributed by atoms with Crippen LogP contribution in [0.4, 0.5) is 0 Å². The Balaban J connectivity index is 2.15. The summed E-state index contributed by atoms with van der Waals surface area (Å²) in [5, 5.41) is 18.4. The minimum atomic E-state index is -1.01.